The van der Waals surface area contributed by atoms with E-state index < -0.39 is 0 Å². The summed E-state index contributed by atoms with van der Waals surface area (Å²) in [5.41, 5.74) is 3.71. The van der Waals surface area contributed by atoms with E-state index in [9.17, 15) is 10.0 Å². The molecule has 96 valence electrons. The zero-order valence-electron chi connectivity index (χ0n) is 11.0. The van der Waals surface area contributed by atoms with Crippen LogP contribution in [0.3, 0.4) is 0 Å². The first-order valence-electron chi connectivity index (χ1n) is 5.84. The molecule has 0 amide bonds. The van der Waals surface area contributed by atoms with Gasteiger partial charge in [-0.2, -0.15) is 0 Å². The Labute approximate surface area is 104 Å². The van der Waals surface area contributed by atoms with Crippen LogP contribution < -0.4 is 0 Å². The van der Waals surface area contributed by atoms with Gasteiger partial charge in [-0.3, -0.25) is 4.79 Å². The number of carbonyl (C=O) groups is 1. The largest absolute Gasteiger partial charge is 0.785 e. The molecule has 0 fully saturated rings. The molecule has 0 aromatic heterocycles. The van der Waals surface area contributed by atoms with Crippen LogP contribution in [0.2, 0.25) is 0 Å². The summed E-state index contributed by atoms with van der Waals surface area (Å²) < 4.78 is 0. The Hall–Kier alpha value is -1.15. The van der Waals surface area contributed by atoms with Crippen LogP contribution in [0.4, 0.5) is 0 Å². The molecule has 0 spiro atoms. The second kappa shape index (κ2) is 8.02. The highest BCUT2D eigenvalue weighted by Gasteiger charge is 2.20. The summed E-state index contributed by atoms with van der Waals surface area (Å²) in [4.78, 5) is 11.3. The van der Waals surface area contributed by atoms with Gasteiger partial charge in [0.1, 0.15) is 5.78 Å². The van der Waals surface area contributed by atoms with Gasteiger partial charge in [-0.1, -0.05) is 19.6 Å². The Morgan fingerprint density at radius 1 is 1.53 bits per heavy atom. The second-order valence-electron chi connectivity index (χ2n) is 4.34. The normalized spacial score (nSPS) is 13.9. The van der Waals surface area contributed by atoms with Crippen molar-refractivity contribution in [1.82, 2.24) is 5.06 Å². The van der Waals surface area contributed by atoms with E-state index in [1.54, 1.807) is 13.0 Å². The molecule has 0 rings (SSSR count). The monoisotopic (exact) mass is 236 g/mol. The molecule has 0 radical (unpaired) electrons. The summed E-state index contributed by atoms with van der Waals surface area (Å²) in [6.07, 6.45) is 2.84. The lowest BCUT2D eigenvalue weighted by atomic mass is 9.94. The van der Waals surface area contributed by atoms with E-state index in [2.05, 4.69) is 18.9 Å². The highest BCUT2D eigenvalue weighted by atomic mass is 16.5. The topological polar surface area (TPSA) is 43.4 Å². The molecule has 0 saturated heterocycles. The summed E-state index contributed by atoms with van der Waals surface area (Å²) in [6, 6.07) is -0.317. The molecule has 3 nitrogen and oxygen atoms in total. The van der Waals surface area contributed by atoms with Crippen LogP contribution in [-0.2, 0) is 4.79 Å². The number of Topliss-reactive ketones (excluding diaryl/α,β-unsaturated/α-hetero) is 1. The average molecular weight is 236 g/mol. The van der Waals surface area contributed by atoms with Gasteiger partial charge >= 0.3 is 0 Å². The molecule has 2 atom stereocenters. The Morgan fingerprint density at radius 2 is 2.12 bits per heavy atom. The average Bonchev–Trinajstić information content (AvgIpc) is 2.31. The maximum atomic E-state index is 12.0. The van der Waals surface area contributed by atoms with Crippen molar-refractivity contribution in [3.63, 3.8) is 0 Å². The van der Waals surface area contributed by atoms with Gasteiger partial charge in [0, 0.05) is 12.0 Å². The Morgan fingerprint density at radius 3 is 2.53 bits per heavy atom. The predicted octanol–water partition coefficient (Wildman–Crippen LogP) is 3.08. The van der Waals surface area contributed by atoms with Crippen LogP contribution in [0.1, 0.15) is 33.6 Å². The number of carbonyl (C=O) groups excluding carboxylic acids is 1. The van der Waals surface area contributed by atoms with E-state index in [1.807, 2.05) is 6.92 Å². The maximum Gasteiger partial charge on any atom is 0.134 e. The fourth-order valence-corrected chi connectivity index (χ4v) is 1.54. The molecular formula is C14H22NO2-. The Bertz CT molecular complexity index is 316. The molecule has 17 heavy (non-hydrogen) atoms. The molecule has 0 unspecified atom stereocenters. The van der Waals surface area contributed by atoms with Crippen molar-refractivity contribution in [2.24, 2.45) is 5.92 Å². The molecule has 0 saturated carbocycles. The fourth-order valence-electron chi connectivity index (χ4n) is 1.54. The number of hydrogen-bond donors (Lipinski definition) is 0. The van der Waals surface area contributed by atoms with E-state index >= 15 is 0 Å². The van der Waals surface area contributed by atoms with E-state index in [1.165, 1.54) is 6.92 Å². The van der Waals surface area contributed by atoms with Crippen LogP contribution in [-0.4, -0.2) is 23.4 Å². The van der Waals surface area contributed by atoms with Crippen LogP contribution >= 0.6 is 0 Å². The first-order valence-corrected chi connectivity index (χ1v) is 5.84. The molecule has 0 aromatic rings. The third-order valence-electron chi connectivity index (χ3n) is 3.01. The molecule has 0 bridgehead atoms. The molecular weight excluding hydrogens is 214 g/mol. The summed E-state index contributed by atoms with van der Waals surface area (Å²) in [5, 5.41) is 12.9. The van der Waals surface area contributed by atoms with Crippen molar-refractivity contribution in [2.75, 3.05) is 6.54 Å². The zero-order chi connectivity index (χ0) is 13.4. The van der Waals surface area contributed by atoms with Crippen LogP contribution in [0.5, 0.6) is 0 Å². The fraction of sp³-hybridized carbons (Fsp3) is 0.571. The van der Waals surface area contributed by atoms with Gasteiger partial charge in [0.05, 0.1) is 0 Å². The van der Waals surface area contributed by atoms with Crippen molar-refractivity contribution in [2.45, 2.75) is 39.7 Å². The van der Waals surface area contributed by atoms with Gasteiger partial charge in [-0.25, -0.2) is 0 Å². The Balaban J connectivity index is 4.53. The van der Waals surface area contributed by atoms with Gasteiger partial charge in [0.15, 0.2) is 0 Å². The quantitative estimate of drug-likeness (QED) is 0.369. The second-order valence-corrected chi connectivity index (χ2v) is 4.34. The first-order chi connectivity index (χ1) is 7.93. The van der Waals surface area contributed by atoms with Crippen molar-refractivity contribution in [3.05, 3.63) is 35.7 Å². The Kier molecular flexibility index (Phi) is 7.47. The molecule has 3 heteroatoms. The maximum absolute atomic E-state index is 12.0. The van der Waals surface area contributed by atoms with Gasteiger partial charge < -0.3 is 10.3 Å². The highest BCUT2D eigenvalue weighted by Crippen LogP contribution is 2.17. The molecule has 0 aliphatic rings. The number of ketones is 1. The summed E-state index contributed by atoms with van der Waals surface area (Å²) in [7, 11) is 0. The molecule has 0 aromatic carbocycles. The smallest absolute Gasteiger partial charge is 0.134 e. The van der Waals surface area contributed by atoms with Crippen LogP contribution in [0.25, 0.3) is 0 Å². The lowest BCUT2D eigenvalue weighted by molar-refractivity contribution is -0.121. The minimum absolute atomic E-state index is 0.0358. The van der Waals surface area contributed by atoms with Crippen molar-refractivity contribution in [1.29, 1.82) is 0 Å². The zero-order valence-corrected chi connectivity index (χ0v) is 11.0. The van der Waals surface area contributed by atoms with E-state index in [-0.39, 0.29) is 17.7 Å². The first kappa shape index (κ1) is 15.9. The van der Waals surface area contributed by atoms with Crippen LogP contribution in [0.15, 0.2) is 30.5 Å². The number of hydrogen-bond acceptors (Lipinski definition) is 3. The minimum atomic E-state index is -0.317. The SMILES string of the molecule is C=C=C(C)CCN([O-])[C@@H](CC=C)[C@H](C)C(C)=O. The standard InChI is InChI=1S/C14H22NO2/c1-6-8-14(12(4)13(5)16)15(17)10-9-11(3)7-2/h6,12,14H,1-2,8-10H2,3-5H3/q-1/t12-,14+/m1/s1. The van der Waals surface area contributed by atoms with Crippen molar-refractivity contribution >= 4 is 5.78 Å². The molecule has 0 aliphatic carbocycles. The summed E-state index contributed by atoms with van der Waals surface area (Å²) in [6.45, 7) is 12.7. The van der Waals surface area contributed by atoms with Gasteiger partial charge in [0.25, 0.3) is 0 Å². The van der Waals surface area contributed by atoms with Crippen molar-refractivity contribution in [3.8, 4) is 0 Å². The molecule has 0 N–H and O–H groups in total. The van der Waals surface area contributed by atoms with E-state index in [0.29, 0.717) is 19.4 Å². The third-order valence-corrected chi connectivity index (χ3v) is 3.01. The lowest BCUT2D eigenvalue weighted by Crippen LogP contribution is -2.38. The highest BCUT2D eigenvalue weighted by molar-refractivity contribution is 5.78. The van der Waals surface area contributed by atoms with Gasteiger partial charge in [-0.05, 0) is 38.8 Å². The van der Waals surface area contributed by atoms with E-state index in [4.69, 9.17) is 0 Å². The predicted molar refractivity (Wildman–Crippen MR) is 71.5 cm³/mol. The van der Waals surface area contributed by atoms with Crippen molar-refractivity contribution < 1.29 is 4.79 Å². The minimum Gasteiger partial charge on any atom is -0.785 e. The van der Waals surface area contributed by atoms with Gasteiger partial charge in [0.2, 0.25) is 0 Å². The number of nitrogens with zero attached hydrogens (tertiary/aromatic N) is 1. The number of hydroxylamine groups is 2. The summed E-state index contributed by atoms with van der Waals surface area (Å²) in [5.74, 6) is -0.229. The summed E-state index contributed by atoms with van der Waals surface area (Å²) >= 11 is 0. The van der Waals surface area contributed by atoms with Crippen LogP contribution in [0, 0.1) is 11.1 Å². The lowest BCUT2D eigenvalue weighted by Gasteiger charge is -2.39. The third kappa shape index (κ3) is 5.64. The molecule has 0 heterocycles. The number of rotatable bonds is 8. The van der Waals surface area contributed by atoms with Gasteiger partial charge in [-0.15, -0.1) is 12.3 Å². The van der Waals surface area contributed by atoms with E-state index in [0.717, 1.165) is 10.6 Å². The molecule has 0 aliphatic heterocycles.